The summed E-state index contributed by atoms with van der Waals surface area (Å²) in [5.41, 5.74) is 2.18. The zero-order chi connectivity index (χ0) is 21.8. The summed E-state index contributed by atoms with van der Waals surface area (Å²) < 4.78 is 12.5. The first-order valence-electron chi connectivity index (χ1n) is 9.63. The monoisotopic (exact) mass is 416 g/mol. The SMILES string of the molecule is COc1ccc(-c2nnn(CC(=O)c3cn(CCC#N)c4ccccc34)n2)cc1OC. The molecule has 0 aliphatic heterocycles. The van der Waals surface area contributed by atoms with E-state index in [1.165, 1.54) is 4.80 Å². The number of hydrogen-bond donors (Lipinski definition) is 0. The van der Waals surface area contributed by atoms with Gasteiger partial charge in [0.1, 0.15) is 6.54 Å². The molecule has 0 unspecified atom stereocenters. The van der Waals surface area contributed by atoms with Crippen molar-refractivity contribution in [3.8, 4) is 29.0 Å². The summed E-state index contributed by atoms with van der Waals surface area (Å²) in [6.07, 6.45) is 2.15. The van der Waals surface area contributed by atoms with E-state index >= 15 is 0 Å². The van der Waals surface area contributed by atoms with E-state index in [9.17, 15) is 4.79 Å². The van der Waals surface area contributed by atoms with Crippen LogP contribution in [0.2, 0.25) is 0 Å². The highest BCUT2D eigenvalue weighted by molar-refractivity contribution is 6.07. The van der Waals surface area contributed by atoms with Gasteiger partial charge in [0.15, 0.2) is 17.3 Å². The smallest absolute Gasteiger partial charge is 0.205 e. The van der Waals surface area contributed by atoms with Crippen molar-refractivity contribution in [2.45, 2.75) is 19.5 Å². The van der Waals surface area contributed by atoms with Crippen molar-refractivity contribution in [2.75, 3.05) is 14.2 Å². The Morgan fingerprint density at radius 1 is 1.13 bits per heavy atom. The number of nitriles is 1. The molecule has 0 aliphatic rings. The van der Waals surface area contributed by atoms with E-state index in [0.29, 0.717) is 41.4 Å². The summed E-state index contributed by atoms with van der Waals surface area (Å²) in [4.78, 5) is 14.3. The summed E-state index contributed by atoms with van der Waals surface area (Å²) in [6.45, 7) is 0.474. The number of aryl methyl sites for hydroxylation is 1. The van der Waals surface area contributed by atoms with Crippen molar-refractivity contribution in [1.29, 1.82) is 5.26 Å². The molecule has 0 atom stereocenters. The first kappa shape index (κ1) is 20.1. The highest BCUT2D eigenvalue weighted by Crippen LogP contribution is 2.30. The van der Waals surface area contributed by atoms with Crippen LogP contribution in [0.1, 0.15) is 16.8 Å². The Kier molecular flexibility index (Phi) is 5.62. The van der Waals surface area contributed by atoms with E-state index in [2.05, 4.69) is 21.5 Å². The fraction of sp³-hybridized carbons (Fsp3) is 0.227. The first-order chi connectivity index (χ1) is 15.1. The fourth-order valence-corrected chi connectivity index (χ4v) is 3.44. The van der Waals surface area contributed by atoms with Gasteiger partial charge in [0, 0.05) is 34.8 Å². The van der Waals surface area contributed by atoms with Gasteiger partial charge in [-0.15, -0.1) is 10.2 Å². The van der Waals surface area contributed by atoms with E-state index in [-0.39, 0.29) is 12.3 Å². The number of carbonyl (C=O) groups is 1. The molecule has 0 amide bonds. The molecule has 0 saturated heterocycles. The molecule has 9 heteroatoms. The molecule has 0 bridgehead atoms. The van der Waals surface area contributed by atoms with E-state index in [1.54, 1.807) is 38.6 Å². The second kappa shape index (κ2) is 8.67. The zero-order valence-corrected chi connectivity index (χ0v) is 17.1. The molecule has 4 aromatic rings. The number of nitrogens with zero attached hydrogens (tertiary/aromatic N) is 6. The summed E-state index contributed by atoms with van der Waals surface area (Å²) in [6, 6.07) is 15.1. The third-order valence-electron chi connectivity index (χ3n) is 4.93. The number of rotatable bonds is 8. The Hall–Kier alpha value is -4.19. The second-order valence-corrected chi connectivity index (χ2v) is 6.80. The maximum Gasteiger partial charge on any atom is 0.205 e. The normalized spacial score (nSPS) is 10.7. The van der Waals surface area contributed by atoms with Crippen molar-refractivity contribution in [3.05, 3.63) is 54.2 Å². The molecule has 2 heterocycles. The number of fused-ring (bicyclic) bond motifs is 1. The second-order valence-electron chi connectivity index (χ2n) is 6.80. The minimum absolute atomic E-state index is 0.0491. The van der Waals surface area contributed by atoms with E-state index in [0.717, 1.165) is 10.9 Å². The number of ketones is 1. The van der Waals surface area contributed by atoms with Gasteiger partial charge in [-0.3, -0.25) is 4.79 Å². The van der Waals surface area contributed by atoms with Crippen LogP contribution in [0.5, 0.6) is 11.5 Å². The van der Waals surface area contributed by atoms with Gasteiger partial charge < -0.3 is 14.0 Å². The lowest BCUT2D eigenvalue weighted by Gasteiger charge is -2.07. The van der Waals surface area contributed by atoms with Gasteiger partial charge in [-0.2, -0.15) is 10.1 Å². The lowest BCUT2D eigenvalue weighted by atomic mass is 10.1. The van der Waals surface area contributed by atoms with Crippen molar-refractivity contribution in [3.63, 3.8) is 0 Å². The lowest BCUT2D eigenvalue weighted by Crippen LogP contribution is -2.13. The summed E-state index contributed by atoms with van der Waals surface area (Å²) >= 11 is 0. The van der Waals surface area contributed by atoms with E-state index < -0.39 is 0 Å². The van der Waals surface area contributed by atoms with Crippen LogP contribution in [0.25, 0.3) is 22.3 Å². The lowest BCUT2D eigenvalue weighted by molar-refractivity contribution is 0.0963. The number of para-hydroxylation sites is 1. The molecule has 0 saturated carbocycles. The highest BCUT2D eigenvalue weighted by Gasteiger charge is 2.17. The van der Waals surface area contributed by atoms with Gasteiger partial charge in [-0.05, 0) is 29.5 Å². The predicted molar refractivity (Wildman–Crippen MR) is 113 cm³/mol. The molecule has 0 fully saturated rings. The van der Waals surface area contributed by atoms with E-state index in [1.807, 2.05) is 28.8 Å². The summed E-state index contributed by atoms with van der Waals surface area (Å²) in [7, 11) is 3.12. The van der Waals surface area contributed by atoms with Gasteiger partial charge in [0.25, 0.3) is 0 Å². The number of tetrazole rings is 1. The Morgan fingerprint density at radius 2 is 1.94 bits per heavy atom. The van der Waals surface area contributed by atoms with Crippen molar-refractivity contribution >= 4 is 16.7 Å². The van der Waals surface area contributed by atoms with Crippen LogP contribution in [-0.4, -0.2) is 44.8 Å². The minimum Gasteiger partial charge on any atom is -0.493 e. The summed E-state index contributed by atoms with van der Waals surface area (Å²) in [5.74, 6) is 1.40. The molecule has 31 heavy (non-hydrogen) atoms. The third-order valence-corrected chi connectivity index (χ3v) is 4.93. The van der Waals surface area contributed by atoms with Crippen LogP contribution >= 0.6 is 0 Å². The molecule has 0 N–H and O–H groups in total. The van der Waals surface area contributed by atoms with Gasteiger partial charge in [0.05, 0.1) is 26.7 Å². The molecular formula is C22H20N6O3. The minimum atomic E-state index is -0.136. The summed E-state index contributed by atoms with van der Waals surface area (Å²) in [5, 5.41) is 22.2. The number of carbonyl (C=O) groups excluding carboxylic acids is 1. The van der Waals surface area contributed by atoms with Gasteiger partial charge in [0.2, 0.25) is 5.82 Å². The van der Waals surface area contributed by atoms with Crippen molar-refractivity contribution in [1.82, 2.24) is 24.8 Å². The molecule has 9 nitrogen and oxygen atoms in total. The number of methoxy groups -OCH3 is 2. The maximum atomic E-state index is 13.0. The molecule has 0 radical (unpaired) electrons. The molecule has 2 aromatic heterocycles. The predicted octanol–water partition coefficient (Wildman–Crippen LogP) is 3.11. The number of aromatic nitrogens is 5. The van der Waals surface area contributed by atoms with Crippen LogP contribution in [-0.2, 0) is 13.1 Å². The Balaban J connectivity index is 1.58. The topological polar surface area (TPSA) is 108 Å². The van der Waals surface area contributed by atoms with Crippen LogP contribution < -0.4 is 9.47 Å². The first-order valence-corrected chi connectivity index (χ1v) is 9.63. The fourth-order valence-electron chi connectivity index (χ4n) is 3.44. The molecule has 4 rings (SSSR count). The molecule has 0 spiro atoms. The molecule has 0 aliphatic carbocycles. The number of Topliss-reactive ketones (excluding diaryl/α,β-unsaturated/α-hetero) is 1. The molecular weight excluding hydrogens is 396 g/mol. The van der Waals surface area contributed by atoms with Gasteiger partial charge in [-0.1, -0.05) is 18.2 Å². The standard InChI is InChI=1S/C22H20N6O3/c1-30-20-9-8-15(12-21(20)31-2)22-24-26-28(25-22)14-19(29)17-13-27(11-5-10-23)18-7-4-3-6-16(17)18/h3-4,6-9,12-13H,5,11,14H2,1-2H3. The molecule has 2 aromatic carbocycles. The Bertz CT molecular complexity index is 1280. The Labute approximate surface area is 178 Å². The number of ether oxygens (including phenoxy) is 2. The van der Waals surface area contributed by atoms with Crippen LogP contribution in [0.4, 0.5) is 0 Å². The average molecular weight is 416 g/mol. The van der Waals surface area contributed by atoms with Crippen LogP contribution in [0.15, 0.2) is 48.7 Å². The van der Waals surface area contributed by atoms with Crippen LogP contribution in [0, 0.1) is 11.3 Å². The maximum absolute atomic E-state index is 13.0. The zero-order valence-electron chi connectivity index (χ0n) is 17.1. The van der Waals surface area contributed by atoms with Crippen molar-refractivity contribution < 1.29 is 14.3 Å². The largest absolute Gasteiger partial charge is 0.493 e. The number of hydrogen-bond acceptors (Lipinski definition) is 7. The van der Waals surface area contributed by atoms with Gasteiger partial charge in [-0.25, -0.2) is 0 Å². The number of benzene rings is 2. The highest BCUT2D eigenvalue weighted by atomic mass is 16.5. The Morgan fingerprint density at radius 3 is 2.71 bits per heavy atom. The quantitative estimate of drug-likeness (QED) is 0.406. The van der Waals surface area contributed by atoms with Crippen LogP contribution in [0.3, 0.4) is 0 Å². The van der Waals surface area contributed by atoms with Crippen molar-refractivity contribution in [2.24, 2.45) is 0 Å². The van der Waals surface area contributed by atoms with Gasteiger partial charge >= 0.3 is 0 Å². The third kappa shape index (κ3) is 3.96. The average Bonchev–Trinajstić information content (AvgIpc) is 3.42. The van der Waals surface area contributed by atoms with E-state index in [4.69, 9.17) is 14.7 Å². The molecule has 156 valence electrons.